The molecule has 0 bridgehead atoms. The van der Waals surface area contributed by atoms with Gasteiger partial charge in [0, 0.05) is 0 Å². The van der Waals surface area contributed by atoms with E-state index in [-0.39, 0.29) is 5.41 Å². The Labute approximate surface area is 205 Å². The highest BCUT2D eigenvalue weighted by atomic mass is 14.5. The van der Waals surface area contributed by atoms with Crippen molar-refractivity contribution in [1.82, 2.24) is 0 Å². The van der Waals surface area contributed by atoms with Crippen LogP contribution in [-0.2, 0) is 5.41 Å². The number of hydrogen-bond donors (Lipinski definition) is 0. The Morgan fingerprint density at radius 1 is 0.727 bits per heavy atom. The minimum Gasteiger partial charge on any atom is -0.0991 e. The van der Waals surface area contributed by atoms with Gasteiger partial charge in [0.1, 0.15) is 0 Å². The van der Waals surface area contributed by atoms with E-state index in [1.807, 2.05) is 53.7 Å². The zero-order chi connectivity index (χ0) is 25.4. The van der Waals surface area contributed by atoms with E-state index in [1.54, 1.807) is 0 Å². The summed E-state index contributed by atoms with van der Waals surface area (Å²) in [5.74, 6) is 0.362. The van der Waals surface area contributed by atoms with E-state index in [0.717, 1.165) is 0 Å². The van der Waals surface area contributed by atoms with Crippen molar-refractivity contribution < 1.29 is 0 Å². The van der Waals surface area contributed by atoms with Crippen LogP contribution in [0.5, 0.6) is 0 Å². The summed E-state index contributed by atoms with van der Waals surface area (Å²) < 4.78 is 0. The van der Waals surface area contributed by atoms with Crippen molar-refractivity contribution in [2.75, 3.05) is 0 Å². The first-order chi connectivity index (χ1) is 16.1. The number of rotatable bonds is 6. The molecule has 0 saturated carbocycles. The van der Waals surface area contributed by atoms with Gasteiger partial charge in [0.2, 0.25) is 0 Å². The second-order valence-corrected chi connectivity index (χ2v) is 7.21. The number of benzene rings is 2. The molecule has 0 saturated heterocycles. The standard InChI is InChI=1S/C27H28.3C2H6/c1-6-13-21(14-7-2)27(24(15-8-3)20(4)5)25-18-11-9-16-22(25)23-17-10-12-19-26(23)27;3*1-2/h6-20H,1,3H2,2,4-5H3;3*1-2H3/b14-7-,21-13+,24-15+;;;. The minimum absolute atomic E-state index is 0.337. The lowest BCUT2D eigenvalue weighted by Crippen LogP contribution is -2.32. The highest BCUT2D eigenvalue weighted by Crippen LogP contribution is 2.58. The van der Waals surface area contributed by atoms with Crippen LogP contribution < -0.4 is 0 Å². The van der Waals surface area contributed by atoms with Crippen molar-refractivity contribution in [3.05, 3.63) is 120 Å². The molecule has 2 aromatic rings. The van der Waals surface area contributed by atoms with Crippen LogP contribution in [0.15, 0.2) is 109 Å². The van der Waals surface area contributed by atoms with Crippen LogP contribution in [0.3, 0.4) is 0 Å². The van der Waals surface area contributed by atoms with E-state index in [2.05, 4.69) is 107 Å². The zero-order valence-electron chi connectivity index (χ0n) is 22.6. The first kappa shape index (κ1) is 30.1. The highest BCUT2D eigenvalue weighted by molar-refractivity contribution is 5.86. The van der Waals surface area contributed by atoms with Crippen LogP contribution >= 0.6 is 0 Å². The molecule has 0 aliphatic heterocycles. The van der Waals surface area contributed by atoms with Crippen molar-refractivity contribution in [3.63, 3.8) is 0 Å². The molecule has 0 spiro atoms. The van der Waals surface area contributed by atoms with Gasteiger partial charge in [-0.3, -0.25) is 0 Å². The fraction of sp³-hybridized carbons (Fsp3) is 0.333. The summed E-state index contributed by atoms with van der Waals surface area (Å²) in [6, 6.07) is 17.6. The smallest absolute Gasteiger partial charge is 0.0678 e. The summed E-state index contributed by atoms with van der Waals surface area (Å²) in [7, 11) is 0. The maximum absolute atomic E-state index is 4.01. The van der Waals surface area contributed by atoms with Crippen LogP contribution in [0, 0.1) is 5.92 Å². The lowest BCUT2D eigenvalue weighted by Gasteiger charge is -2.38. The molecule has 0 atom stereocenters. The molecular formula is C33H46. The average molecular weight is 443 g/mol. The lowest BCUT2D eigenvalue weighted by molar-refractivity contribution is 0.614. The summed E-state index contributed by atoms with van der Waals surface area (Å²) in [5.41, 5.74) is 7.53. The second-order valence-electron chi connectivity index (χ2n) is 7.21. The van der Waals surface area contributed by atoms with E-state index in [0.29, 0.717) is 5.92 Å². The van der Waals surface area contributed by atoms with Gasteiger partial charge >= 0.3 is 0 Å². The first-order valence-corrected chi connectivity index (χ1v) is 12.6. The summed E-state index contributed by atoms with van der Waals surface area (Å²) in [6.45, 7) is 26.6. The molecule has 1 aliphatic carbocycles. The molecule has 0 nitrogen and oxygen atoms in total. The molecule has 1 aliphatic rings. The van der Waals surface area contributed by atoms with Crippen LogP contribution in [-0.4, -0.2) is 0 Å². The summed E-state index contributed by atoms with van der Waals surface area (Å²) >= 11 is 0. The number of allylic oxidation sites excluding steroid dienone is 8. The van der Waals surface area contributed by atoms with E-state index in [1.165, 1.54) is 33.4 Å². The Hall–Kier alpha value is -2.86. The third-order valence-corrected chi connectivity index (χ3v) is 5.38. The molecule has 0 fully saturated rings. The predicted molar refractivity (Wildman–Crippen MR) is 153 cm³/mol. The third kappa shape index (κ3) is 5.93. The van der Waals surface area contributed by atoms with Gasteiger partial charge in [0.05, 0.1) is 5.41 Å². The molecule has 0 aromatic heterocycles. The fourth-order valence-electron chi connectivity index (χ4n) is 4.51. The van der Waals surface area contributed by atoms with Gasteiger partial charge < -0.3 is 0 Å². The Balaban J connectivity index is 0.00000158. The molecule has 0 N–H and O–H groups in total. The average Bonchev–Trinajstić information content (AvgIpc) is 3.17. The monoisotopic (exact) mass is 442 g/mol. The van der Waals surface area contributed by atoms with Gasteiger partial charge in [-0.15, -0.1) is 0 Å². The van der Waals surface area contributed by atoms with Gasteiger partial charge in [-0.05, 0) is 46.2 Å². The quantitative estimate of drug-likeness (QED) is 0.390. The van der Waals surface area contributed by atoms with Gasteiger partial charge in [-0.1, -0.05) is 154 Å². The van der Waals surface area contributed by atoms with Crippen LogP contribution in [0.4, 0.5) is 0 Å². The Kier molecular flexibility index (Phi) is 14.5. The molecule has 0 unspecified atom stereocenters. The van der Waals surface area contributed by atoms with E-state index in [4.69, 9.17) is 0 Å². The molecule has 178 valence electrons. The Bertz CT molecular complexity index is 902. The van der Waals surface area contributed by atoms with E-state index in [9.17, 15) is 0 Å². The lowest BCUT2D eigenvalue weighted by atomic mass is 9.63. The molecular weight excluding hydrogens is 396 g/mol. The SMILES string of the molecule is C=C/C=C(\C=C/C)C1(/C(=C/C=C)C(C)C)c2ccccc2-c2ccccc21.CC.CC.CC. The van der Waals surface area contributed by atoms with Crippen molar-refractivity contribution >= 4 is 0 Å². The highest BCUT2D eigenvalue weighted by Gasteiger charge is 2.47. The van der Waals surface area contributed by atoms with E-state index < -0.39 is 0 Å². The fourth-order valence-corrected chi connectivity index (χ4v) is 4.51. The minimum atomic E-state index is -0.337. The molecule has 3 rings (SSSR count). The van der Waals surface area contributed by atoms with Crippen LogP contribution in [0.2, 0.25) is 0 Å². The van der Waals surface area contributed by atoms with Crippen LogP contribution in [0.1, 0.15) is 73.4 Å². The molecule has 0 radical (unpaired) electrons. The normalized spacial score (nSPS) is 13.4. The van der Waals surface area contributed by atoms with Crippen molar-refractivity contribution in [2.24, 2.45) is 5.92 Å². The van der Waals surface area contributed by atoms with E-state index >= 15 is 0 Å². The molecule has 2 aromatic carbocycles. The maximum atomic E-state index is 4.01. The third-order valence-electron chi connectivity index (χ3n) is 5.38. The second kappa shape index (κ2) is 15.9. The molecule has 0 amide bonds. The first-order valence-electron chi connectivity index (χ1n) is 12.6. The van der Waals surface area contributed by atoms with Crippen molar-refractivity contribution in [2.45, 2.75) is 67.7 Å². The summed E-state index contributed by atoms with van der Waals surface area (Å²) in [4.78, 5) is 0. The van der Waals surface area contributed by atoms with Crippen molar-refractivity contribution in [3.8, 4) is 11.1 Å². The molecule has 0 heterocycles. The van der Waals surface area contributed by atoms with Crippen LogP contribution in [0.25, 0.3) is 11.1 Å². The largest absolute Gasteiger partial charge is 0.0991 e. The maximum Gasteiger partial charge on any atom is 0.0678 e. The van der Waals surface area contributed by atoms with Gasteiger partial charge in [-0.25, -0.2) is 0 Å². The molecule has 0 heteroatoms. The summed E-state index contributed by atoms with van der Waals surface area (Å²) in [5, 5.41) is 0. The summed E-state index contributed by atoms with van der Waals surface area (Å²) in [6.07, 6.45) is 12.5. The van der Waals surface area contributed by atoms with Gasteiger partial charge in [0.15, 0.2) is 0 Å². The Morgan fingerprint density at radius 3 is 1.52 bits per heavy atom. The predicted octanol–water partition coefficient (Wildman–Crippen LogP) is 10.5. The number of hydrogen-bond acceptors (Lipinski definition) is 0. The number of fused-ring (bicyclic) bond motifs is 3. The Morgan fingerprint density at radius 2 is 1.15 bits per heavy atom. The van der Waals surface area contributed by atoms with Gasteiger partial charge in [0.25, 0.3) is 0 Å². The van der Waals surface area contributed by atoms with Crippen molar-refractivity contribution in [1.29, 1.82) is 0 Å². The molecule has 33 heavy (non-hydrogen) atoms. The zero-order valence-corrected chi connectivity index (χ0v) is 22.6. The van der Waals surface area contributed by atoms with Gasteiger partial charge in [-0.2, -0.15) is 0 Å². The topological polar surface area (TPSA) is 0 Å².